The fourth-order valence-corrected chi connectivity index (χ4v) is 3.82. The van der Waals surface area contributed by atoms with Crippen LogP contribution in [0.3, 0.4) is 0 Å². The van der Waals surface area contributed by atoms with Gasteiger partial charge in [0.25, 0.3) is 11.2 Å². The Morgan fingerprint density at radius 2 is 1.85 bits per heavy atom. The monoisotopic (exact) mass is 469 g/mol. The highest BCUT2D eigenvalue weighted by molar-refractivity contribution is 5.81. The number of aromatic amines is 1. The van der Waals surface area contributed by atoms with Crippen molar-refractivity contribution in [3.63, 3.8) is 0 Å². The summed E-state index contributed by atoms with van der Waals surface area (Å²) in [5.41, 5.74) is 2.87. The maximum Gasteiger partial charge on any atom is 0.329 e. The van der Waals surface area contributed by atoms with Gasteiger partial charge >= 0.3 is 5.69 Å². The van der Waals surface area contributed by atoms with Crippen molar-refractivity contribution in [3.05, 3.63) is 60.8 Å². The van der Waals surface area contributed by atoms with Crippen LogP contribution >= 0.6 is 0 Å². The number of non-ortho nitro benzene ring substituents is 1. The normalized spacial score (nSPS) is 11.5. The van der Waals surface area contributed by atoms with Gasteiger partial charge in [-0.3, -0.25) is 24.5 Å². The van der Waals surface area contributed by atoms with E-state index in [2.05, 4.69) is 27.4 Å². The quantitative estimate of drug-likeness (QED) is 0.168. The fraction of sp³-hybridized carbons (Fsp3) is 0.478. The number of H-pyrrole nitrogens is 1. The van der Waals surface area contributed by atoms with Gasteiger partial charge in [-0.1, -0.05) is 64.0 Å². The summed E-state index contributed by atoms with van der Waals surface area (Å²) in [7, 11) is 1.55. The molecule has 2 heterocycles. The SMILES string of the molecule is CCCCCCCCCCn1c(N/N=C\c2cccc([N+](=O)[O-])c2)nc2c1c(=O)[nH]c(=O)n2C. The summed E-state index contributed by atoms with van der Waals surface area (Å²) in [5, 5.41) is 15.1. The van der Waals surface area contributed by atoms with E-state index in [-0.39, 0.29) is 11.3 Å². The molecule has 0 spiro atoms. The van der Waals surface area contributed by atoms with Crippen LogP contribution < -0.4 is 16.7 Å². The Bertz CT molecular complexity index is 1270. The largest absolute Gasteiger partial charge is 0.329 e. The summed E-state index contributed by atoms with van der Waals surface area (Å²) in [5.74, 6) is 0.325. The highest BCUT2D eigenvalue weighted by Gasteiger charge is 2.17. The number of hydrazone groups is 1. The van der Waals surface area contributed by atoms with Gasteiger partial charge in [-0.25, -0.2) is 10.2 Å². The Morgan fingerprint density at radius 3 is 2.56 bits per heavy atom. The molecule has 0 aliphatic rings. The molecule has 0 amide bonds. The van der Waals surface area contributed by atoms with Gasteiger partial charge in [0.1, 0.15) is 0 Å². The third-order valence-corrected chi connectivity index (χ3v) is 5.70. The number of fused-ring (bicyclic) bond motifs is 1. The summed E-state index contributed by atoms with van der Waals surface area (Å²) in [6.07, 6.45) is 10.6. The Morgan fingerprint density at radius 1 is 1.15 bits per heavy atom. The number of unbranched alkanes of at least 4 members (excludes halogenated alkanes) is 7. The van der Waals surface area contributed by atoms with Gasteiger partial charge < -0.3 is 4.57 Å². The summed E-state index contributed by atoms with van der Waals surface area (Å²) in [6, 6.07) is 6.08. The van der Waals surface area contributed by atoms with Gasteiger partial charge in [-0.15, -0.1) is 0 Å². The minimum atomic E-state index is -0.541. The molecular formula is C23H31N7O4. The van der Waals surface area contributed by atoms with E-state index in [0.29, 0.717) is 23.6 Å². The molecule has 3 rings (SSSR count). The second-order valence-electron chi connectivity index (χ2n) is 8.27. The van der Waals surface area contributed by atoms with Crippen LogP contribution in [0.25, 0.3) is 11.2 Å². The van der Waals surface area contributed by atoms with Crippen LogP contribution in [0.4, 0.5) is 11.6 Å². The maximum atomic E-state index is 12.6. The molecule has 0 saturated heterocycles. The minimum Gasteiger partial charge on any atom is -0.303 e. The van der Waals surface area contributed by atoms with E-state index >= 15 is 0 Å². The van der Waals surface area contributed by atoms with Gasteiger partial charge in [0.2, 0.25) is 5.95 Å². The van der Waals surface area contributed by atoms with Crippen molar-refractivity contribution >= 4 is 29.0 Å². The van der Waals surface area contributed by atoms with Gasteiger partial charge in [0, 0.05) is 31.3 Å². The number of imidazole rings is 1. The average molecular weight is 470 g/mol. The zero-order chi connectivity index (χ0) is 24.5. The minimum absolute atomic E-state index is 0.0348. The highest BCUT2D eigenvalue weighted by Crippen LogP contribution is 2.18. The molecule has 0 aliphatic heterocycles. The average Bonchev–Trinajstić information content (AvgIpc) is 3.18. The van der Waals surface area contributed by atoms with Crippen LogP contribution in [0.1, 0.15) is 63.9 Å². The maximum absolute atomic E-state index is 12.6. The molecule has 2 aromatic heterocycles. The van der Waals surface area contributed by atoms with Crippen LogP contribution in [0.2, 0.25) is 0 Å². The second-order valence-corrected chi connectivity index (χ2v) is 8.27. The first-order chi connectivity index (χ1) is 16.4. The number of nitrogens with one attached hydrogen (secondary N) is 2. The molecule has 11 nitrogen and oxygen atoms in total. The lowest BCUT2D eigenvalue weighted by atomic mass is 10.1. The number of benzene rings is 1. The Labute approximate surface area is 196 Å². The lowest BCUT2D eigenvalue weighted by molar-refractivity contribution is -0.384. The van der Waals surface area contributed by atoms with Crippen molar-refractivity contribution in [2.24, 2.45) is 12.1 Å². The molecule has 0 saturated carbocycles. The van der Waals surface area contributed by atoms with Crippen LogP contribution in [0, 0.1) is 10.1 Å². The van der Waals surface area contributed by atoms with Crippen LogP contribution in [0.5, 0.6) is 0 Å². The first-order valence-electron chi connectivity index (χ1n) is 11.7. The molecule has 2 N–H and O–H groups in total. The van der Waals surface area contributed by atoms with E-state index in [1.54, 1.807) is 23.7 Å². The van der Waals surface area contributed by atoms with E-state index in [1.807, 2.05) is 0 Å². The van der Waals surface area contributed by atoms with Crippen molar-refractivity contribution in [3.8, 4) is 0 Å². The van der Waals surface area contributed by atoms with Crippen LogP contribution in [-0.2, 0) is 13.6 Å². The number of nitro groups is 1. The molecule has 0 radical (unpaired) electrons. The number of nitrogens with zero attached hydrogens (tertiary/aromatic N) is 5. The predicted octanol–water partition coefficient (Wildman–Crippen LogP) is 3.92. The standard InChI is InChI=1S/C23H31N7O4/c1-3-4-5-6-7-8-9-10-14-29-19-20(28(2)23(32)26-21(19)31)25-22(29)27-24-16-17-12-11-13-18(15-17)30(33)34/h11-13,15-16H,3-10,14H2,1-2H3,(H,25,27)(H,26,31,32)/b24-16-. The number of hydrogen-bond donors (Lipinski definition) is 2. The molecule has 0 fully saturated rings. The van der Waals surface area contributed by atoms with E-state index in [0.717, 1.165) is 19.3 Å². The first-order valence-corrected chi connectivity index (χ1v) is 11.7. The molecule has 0 aliphatic carbocycles. The topological polar surface area (TPSA) is 140 Å². The smallest absolute Gasteiger partial charge is 0.303 e. The van der Waals surface area contributed by atoms with Crippen molar-refractivity contribution in [1.82, 2.24) is 19.1 Å². The highest BCUT2D eigenvalue weighted by atomic mass is 16.6. The van der Waals surface area contributed by atoms with E-state index < -0.39 is 16.2 Å². The van der Waals surface area contributed by atoms with Crippen molar-refractivity contribution in [1.29, 1.82) is 0 Å². The molecule has 0 atom stereocenters. The third kappa shape index (κ3) is 6.18. The molecular weight excluding hydrogens is 438 g/mol. The Kier molecular flexibility index (Phi) is 8.72. The van der Waals surface area contributed by atoms with Crippen LogP contribution in [-0.4, -0.2) is 30.2 Å². The van der Waals surface area contributed by atoms with Gasteiger partial charge in [-0.2, -0.15) is 10.1 Å². The molecule has 3 aromatic rings. The zero-order valence-electron chi connectivity index (χ0n) is 19.6. The second kappa shape index (κ2) is 11.9. The van der Waals surface area contributed by atoms with E-state index in [1.165, 1.54) is 55.0 Å². The number of hydrogen-bond acceptors (Lipinski definition) is 7. The summed E-state index contributed by atoms with van der Waals surface area (Å²) < 4.78 is 3.02. The Hall–Kier alpha value is -3.76. The summed E-state index contributed by atoms with van der Waals surface area (Å²) in [4.78, 5) is 41.8. The lowest BCUT2D eigenvalue weighted by Crippen LogP contribution is -2.29. The number of rotatable bonds is 13. The fourth-order valence-electron chi connectivity index (χ4n) is 3.82. The lowest BCUT2D eigenvalue weighted by Gasteiger charge is -2.08. The van der Waals surface area contributed by atoms with Crippen molar-refractivity contribution in [2.75, 3.05) is 5.43 Å². The first kappa shape index (κ1) is 24.9. The van der Waals surface area contributed by atoms with E-state index in [9.17, 15) is 19.7 Å². The number of aryl methyl sites for hydroxylation is 2. The molecule has 34 heavy (non-hydrogen) atoms. The zero-order valence-corrected chi connectivity index (χ0v) is 19.6. The molecule has 0 bridgehead atoms. The van der Waals surface area contributed by atoms with Crippen LogP contribution in [0.15, 0.2) is 39.0 Å². The summed E-state index contributed by atoms with van der Waals surface area (Å²) in [6.45, 7) is 2.74. The van der Waals surface area contributed by atoms with Gasteiger partial charge in [-0.05, 0) is 6.42 Å². The predicted molar refractivity (Wildman–Crippen MR) is 133 cm³/mol. The van der Waals surface area contributed by atoms with Gasteiger partial charge in [0.05, 0.1) is 11.1 Å². The molecule has 0 unspecified atom stereocenters. The number of aromatic nitrogens is 4. The molecule has 11 heteroatoms. The molecule has 1 aromatic carbocycles. The van der Waals surface area contributed by atoms with Crippen molar-refractivity contribution < 1.29 is 4.92 Å². The number of anilines is 1. The summed E-state index contributed by atoms with van der Waals surface area (Å²) >= 11 is 0. The Balaban J connectivity index is 1.77. The van der Waals surface area contributed by atoms with E-state index in [4.69, 9.17) is 0 Å². The number of nitro benzene ring substituents is 1. The van der Waals surface area contributed by atoms with Gasteiger partial charge in [0.15, 0.2) is 11.2 Å². The van der Waals surface area contributed by atoms with Crippen molar-refractivity contribution in [2.45, 2.75) is 64.8 Å². The third-order valence-electron chi connectivity index (χ3n) is 5.70. The molecule has 182 valence electrons.